The van der Waals surface area contributed by atoms with Crippen LogP contribution in [-0.4, -0.2) is 21.9 Å². The topological polar surface area (TPSA) is 68.8 Å². The minimum Gasteiger partial charge on any atom is -0.549 e. The van der Waals surface area contributed by atoms with Crippen molar-refractivity contribution in [2.24, 2.45) is 0 Å². The van der Waals surface area contributed by atoms with Crippen molar-refractivity contribution in [3.05, 3.63) is 3.95 Å². The zero-order valence-electron chi connectivity index (χ0n) is 6.20. The predicted octanol–water partition coefficient (Wildman–Crippen LogP) is -2.95. The SMILES string of the molecule is O=C([O-])CSc1n[nH]c(=S)s1.[Na+]. The first-order chi connectivity index (χ1) is 5.18. The van der Waals surface area contributed by atoms with Crippen molar-refractivity contribution in [3.8, 4) is 0 Å². The summed E-state index contributed by atoms with van der Waals surface area (Å²) in [6.07, 6.45) is 0. The summed E-state index contributed by atoms with van der Waals surface area (Å²) < 4.78 is 1.17. The van der Waals surface area contributed by atoms with Gasteiger partial charge in [0.05, 0.1) is 5.97 Å². The number of carbonyl (C=O) groups is 1. The molecule has 0 amide bonds. The van der Waals surface area contributed by atoms with Gasteiger partial charge in [-0.25, -0.2) is 0 Å². The number of aliphatic carboxylic acids is 1. The van der Waals surface area contributed by atoms with E-state index in [-0.39, 0.29) is 35.3 Å². The van der Waals surface area contributed by atoms with Crippen LogP contribution in [0.4, 0.5) is 0 Å². The van der Waals surface area contributed by atoms with E-state index in [1.807, 2.05) is 0 Å². The van der Waals surface area contributed by atoms with Gasteiger partial charge in [0.2, 0.25) is 0 Å². The second kappa shape index (κ2) is 6.11. The van der Waals surface area contributed by atoms with Gasteiger partial charge in [-0.1, -0.05) is 23.1 Å². The number of carboxylic acids is 1. The second-order valence-corrected chi connectivity index (χ2v) is 4.43. The Morgan fingerprint density at radius 3 is 2.92 bits per heavy atom. The average molecular weight is 230 g/mol. The normalized spacial score (nSPS) is 9.00. The molecule has 60 valence electrons. The fraction of sp³-hybridized carbons (Fsp3) is 0.250. The number of hydrogen-bond acceptors (Lipinski definition) is 6. The van der Waals surface area contributed by atoms with Crippen LogP contribution < -0.4 is 34.7 Å². The van der Waals surface area contributed by atoms with Gasteiger partial charge in [0.1, 0.15) is 0 Å². The Morgan fingerprint density at radius 1 is 1.83 bits per heavy atom. The zero-order chi connectivity index (χ0) is 8.27. The Kier molecular flexibility index (Phi) is 6.42. The number of aromatic amines is 1. The van der Waals surface area contributed by atoms with Crippen LogP contribution in [0.25, 0.3) is 0 Å². The number of thioether (sulfide) groups is 1. The minimum atomic E-state index is -1.10. The van der Waals surface area contributed by atoms with Crippen LogP contribution in [0.15, 0.2) is 4.34 Å². The third kappa shape index (κ3) is 4.58. The summed E-state index contributed by atoms with van der Waals surface area (Å²) in [4.78, 5) is 9.99. The summed E-state index contributed by atoms with van der Waals surface area (Å²) in [5.41, 5.74) is 0. The third-order valence-corrected chi connectivity index (χ3v) is 2.94. The van der Waals surface area contributed by atoms with E-state index < -0.39 is 5.97 Å². The van der Waals surface area contributed by atoms with Gasteiger partial charge >= 0.3 is 29.6 Å². The number of aromatic nitrogens is 2. The van der Waals surface area contributed by atoms with E-state index in [0.717, 1.165) is 11.8 Å². The van der Waals surface area contributed by atoms with E-state index in [4.69, 9.17) is 12.2 Å². The summed E-state index contributed by atoms with van der Waals surface area (Å²) in [6, 6.07) is 0. The molecule has 0 aliphatic heterocycles. The summed E-state index contributed by atoms with van der Waals surface area (Å²) in [7, 11) is 0. The maximum absolute atomic E-state index is 9.99. The number of hydrogen-bond donors (Lipinski definition) is 1. The first kappa shape index (κ1) is 12.6. The van der Waals surface area contributed by atoms with Crippen LogP contribution in [0.1, 0.15) is 0 Å². The molecule has 8 heteroatoms. The smallest absolute Gasteiger partial charge is 0.549 e. The zero-order valence-corrected chi connectivity index (χ0v) is 10.6. The van der Waals surface area contributed by atoms with Crippen LogP contribution >= 0.6 is 35.3 Å². The molecule has 1 N–H and O–H groups in total. The van der Waals surface area contributed by atoms with E-state index in [1.165, 1.54) is 11.3 Å². The van der Waals surface area contributed by atoms with Crippen molar-refractivity contribution in [1.29, 1.82) is 0 Å². The molecule has 0 fully saturated rings. The molecule has 1 aromatic rings. The van der Waals surface area contributed by atoms with Gasteiger partial charge in [-0.15, -0.1) is 0 Å². The molecule has 0 radical (unpaired) electrons. The molecule has 1 heterocycles. The first-order valence-electron chi connectivity index (χ1n) is 2.56. The first-order valence-corrected chi connectivity index (χ1v) is 4.77. The summed E-state index contributed by atoms with van der Waals surface area (Å²) in [5, 5.41) is 16.3. The molecular formula is C4H3N2NaO2S3. The molecule has 0 aliphatic carbocycles. The number of nitrogens with zero attached hydrogens (tertiary/aromatic N) is 1. The number of carboxylic acid groups (broad SMARTS) is 1. The summed E-state index contributed by atoms with van der Waals surface area (Å²) in [6.45, 7) is 0. The molecule has 0 unspecified atom stereocenters. The van der Waals surface area contributed by atoms with E-state index >= 15 is 0 Å². The molecule has 0 aliphatic rings. The van der Waals surface area contributed by atoms with E-state index in [9.17, 15) is 9.90 Å². The van der Waals surface area contributed by atoms with Crippen LogP contribution in [0.2, 0.25) is 0 Å². The second-order valence-electron chi connectivity index (χ2n) is 1.54. The molecule has 0 bridgehead atoms. The van der Waals surface area contributed by atoms with Crippen molar-refractivity contribution in [2.45, 2.75) is 4.34 Å². The Labute approximate surface area is 104 Å². The Bertz CT molecular complexity index is 309. The van der Waals surface area contributed by atoms with Crippen molar-refractivity contribution in [2.75, 3.05) is 5.75 Å². The van der Waals surface area contributed by atoms with Gasteiger partial charge < -0.3 is 9.90 Å². The van der Waals surface area contributed by atoms with Gasteiger partial charge in [-0.05, 0) is 12.2 Å². The van der Waals surface area contributed by atoms with Gasteiger partial charge in [-0.2, -0.15) is 5.10 Å². The molecule has 12 heavy (non-hydrogen) atoms. The van der Waals surface area contributed by atoms with Crippen molar-refractivity contribution >= 4 is 41.3 Å². The van der Waals surface area contributed by atoms with Gasteiger partial charge in [0.25, 0.3) is 0 Å². The average Bonchev–Trinajstić information content (AvgIpc) is 2.31. The molecular weight excluding hydrogens is 227 g/mol. The van der Waals surface area contributed by atoms with Gasteiger partial charge in [0.15, 0.2) is 8.29 Å². The van der Waals surface area contributed by atoms with Crippen LogP contribution in [0.3, 0.4) is 0 Å². The quantitative estimate of drug-likeness (QED) is 0.341. The van der Waals surface area contributed by atoms with E-state index in [0.29, 0.717) is 8.29 Å². The third-order valence-electron chi connectivity index (χ3n) is 0.732. The predicted molar refractivity (Wildman–Crippen MR) is 43.0 cm³/mol. The van der Waals surface area contributed by atoms with Crippen molar-refractivity contribution in [1.82, 2.24) is 10.2 Å². The Morgan fingerprint density at radius 2 is 2.50 bits per heavy atom. The number of rotatable bonds is 3. The Balaban J connectivity index is 0.00000121. The molecule has 1 rings (SSSR count). The van der Waals surface area contributed by atoms with Crippen LogP contribution in [0.5, 0.6) is 0 Å². The summed E-state index contributed by atoms with van der Waals surface area (Å²) >= 11 is 7.08. The number of carbonyl (C=O) groups excluding carboxylic acids is 1. The number of H-pyrrole nitrogens is 1. The molecule has 0 saturated heterocycles. The molecule has 1 aromatic heterocycles. The molecule has 4 nitrogen and oxygen atoms in total. The summed E-state index contributed by atoms with van der Waals surface area (Å²) in [5.74, 6) is -1.19. The van der Waals surface area contributed by atoms with E-state index in [2.05, 4.69) is 10.2 Å². The molecule has 0 spiro atoms. The van der Waals surface area contributed by atoms with Gasteiger partial charge in [-0.3, -0.25) is 5.10 Å². The fourth-order valence-corrected chi connectivity index (χ4v) is 2.19. The van der Waals surface area contributed by atoms with Crippen LogP contribution in [-0.2, 0) is 4.79 Å². The monoisotopic (exact) mass is 230 g/mol. The maximum Gasteiger partial charge on any atom is 1.00 e. The van der Waals surface area contributed by atoms with Crippen LogP contribution in [0, 0.1) is 3.95 Å². The van der Waals surface area contributed by atoms with Crippen molar-refractivity contribution in [3.63, 3.8) is 0 Å². The standard InChI is InChI=1S/C4H4N2O2S3.Na/c7-2(8)1-10-4-6-5-3(9)11-4;/h1H2,(H,5,9)(H,7,8);/q;+1/p-1. The largest absolute Gasteiger partial charge is 1.00 e. The molecule has 0 atom stereocenters. The van der Waals surface area contributed by atoms with Gasteiger partial charge in [0, 0.05) is 5.75 Å². The van der Waals surface area contributed by atoms with E-state index in [1.54, 1.807) is 0 Å². The minimum absolute atomic E-state index is 0. The maximum atomic E-state index is 9.99. The number of nitrogens with one attached hydrogen (secondary N) is 1. The fourth-order valence-electron chi connectivity index (χ4n) is 0.399. The van der Waals surface area contributed by atoms with Crippen molar-refractivity contribution < 1.29 is 39.5 Å². The molecule has 0 aromatic carbocycles. The Hall–Kier alpha value is 0.600. The molecule has 0 saturated carbocycles.